The number of allylic oxidation sites excluding steroid dienone is 2. The number of hydrogen-bond acceptors (Lipinski definition) is 5. The third-order valence-corrected chi connectivity index (χ3v) is 6.36. The Morgan fingerprint density at radius 2 is 1.83 bits per heavy atom. The van der Waals surface area contributed by atoms with E-state index in [0.29, 0.717) is 0 Å². The normalized spacial score (nSPS) is 24.8. The summed E-state index contributed by atoms with van der Waals surface area (Å²) >= 11 is 0. The quantitative estimate of drug-likeness (QED) is 0.751. The van der Waals surface area contributed by atoms with Crippen molar-refractivity contribution in [3.05, 3.63) is 53.4 Å². The SMILES string of the molecule is CCC(C)N1C2=NC3C(C(=O)N(C/C=C/c4ccccc4)C(=O)N3C)N2C(C)=C1C. The van der Waals surface area contributed by atoms with Gasteiger partial charge in [-0.25, -0.2) is 9.79 Å². The smallest absolute Gasteiger partial charge is 0.312 e. The second-order valence-corrected chi connectivity index (χ2v) is 8.11. The van der Waals surface area contributed by atoms with Gasteiger partial charge in [-0.05, 0) is 32.8 Å². The van der Waals surface area contributed by atoms with Crippen molar-refractivity contribution < 1.29 is 9.59 Å². The molecule has 3 heterocycles. The van der Waals surface area contributed by atoms with E-state index in [4.69, 9.17) is 4.99 Å². The summed E-state index contributed by atoms with van der Waals surface area (Å²) in [6.07, 6.45) is 4.26. The lowest BCUT2D eigenvalue weighted by atomic mass is 10.1. The lowest BCUT2D eigenvalue weighted by Gasteiger charge is -2.40. The van der Waals surface area contributed by atoms with E-state index in [-0.39, 0.29) is 24.5 Å². The molecule has 158 valence electrons. The number of benzene rings is 1. The van der Waals surface area contributed by atoms with Gasteiger partial charge in [0.15, 0.2) is 12.2 Å². The van der Waals surface area contributed by atoms with Crippen molar-refractivity contribution in [3.8, 4) is 0 Å². The van der Waals surface area contributed by atoms with Crippen molar-refractivity contribution in [2.24, 2.45) is 4.99 Å². The molecule has 0 bridgehead atoms. The van der Waals surface area contributed by atoms with Crippen molar-refractivity contribution in [1.29, 1.82) is 0 Å². The second-order valence-electron chi connectivity index (χ2n) is 8.11. The van der Waals surface area contributed by atoms with Crippen LogP contribution in [0.1, 0.15) is 39.7 Å². The van der Waals surface area contributed by atoms with Gasteiger partial charge < -0.3 is 9.80 Å². The number of aliphatic imine (C=N–C) groups is 1. The van der Waals surface area contributed by atoms with Crippen LogP contribution in [0, 0.1) is 0 Å². The van der Waals surface area contributed by atoms with Crippen molar-refractivity contribution >= 4 is 24.0 Å². The van der Waals surface area contributed by atoms with Crippen LogP contribution in [0.15, 0.2) is 52.8 Å². The average Bonchev–Trinajstić information content (AvgIpc) is 3.25. The Labute approximate surface area is 177 Å². The number of carbonyl (C=O) groups excluding carboxylic acids is 2. The summed E-state index contributed by atoms with van der Waals surface area (Å²) in [6.45, 7) is 8.63. The van der Waals surface area contributed by atoms with E-state index in [0.717, 1.165) is 29.3 Å². The molecule has 7 heteroatoms. The summed E-state index contributed by atoms with van der Waals surface area (Å²) in [5, 5.41) is 0. The van der Waals surface area contributed by atoms with E-state index in [1.165, 1.54) is 4.90 Å². The molecule has 1 fully saturated rings. The summed E-state index contributed by atoms with van der Waals surface area (Å²) in [6, 6.07) is 9.29. The maximum absolute atomic E-state index is 13.4. The zero-order chi connectivity index (χ0) is 21.6. The summed E-state index contributed by atoms with van der Waals surface area (Å²) < 4.78 is 0. The van der Waals surface area contributed by atoms with Crippen LogP contribution in [0.3, 0.4) is 0 Å². The zero-order valence-electron chi connectivity index (χ0n) is 18.2. The van der Waals surface area contributed by atoms with Crippen molar-refractivity contribution in [2.75, 3.05) is 13.6 Å². The Hall–Kier alpha value is -3.09. The van der Waals surface area contributed by atoms with Gasteiger partial charge in [-0.15, -0.1) is 0 Å². The van der Waals surface area contributed by atoms with E-state index in [9.17, 15) is 9.59 Å². The molecule has 30 heavy (non-hydrogen) atoms. The minimum Gasteiger partial charge on any atom is -0.312 e. The van der Waals surface area contributed by atoms with Crippen LogP contribution in [0.4, 0.5) is 4.79 Å². The molecule has 3 unspecified atom stereocenters. The highest BCUT2D eigenvalue weighted by Crippen LogP contribution is 2.38. The van der Waals surface area contributed by atoms with Gasteiger partial charge >= 0.3 is 6.03 Å². The number of fused-ring (bicyclic) bond motifs is 3. The maximum Gasteiger partial charge on any atom is 0.328 e. The summed E-state index contributed by atoms with van der Waals surface area (Å²) in [5.74, 6) is 0.585. The van der Waals surface area contributed by atoms with Gasteiger partial charge in [-0.3, -0.25) is 14.6 Å². The van der Waals surface area contributed by atoms with Crippen LogP contribution >= 0.6 is 0 Å². The highest BCUT2D eigenvalue weighted by molar-refractivity contribution is 6.05. The molecule has 3 aliphatic heterocycles. The lowest BCUT2D eigenvalue weighted by Crippen LogP contribution is -2.64. The van der Waals surface area contributed by atoms with E-state index < -0.39 is 12.2 Å². The van der Waals surface area contributed by atoms with E-state index in [1.807, 2.05) is 54.3 Å². The highest BCUT2D eigenvalue weighted by atomic mass is 16.2. The first kappa shape index (κ1) is 20.2. The first-order valence-corrected chi connectivity index (χ1v) is 10.5. The van der Waals surface area contributed by atoms with Crippen LogP contribution in [-0.4, -0.2) is 69.3 Å². The Morgan fingerprint density at radius 3 is 2.50 bits per heavy atom. The summed E-state index contributed by atoms with van der Waals surface area (Å²) in [5.41, 5.74) is 3.17. The Bertz CT molecular complexity index is 952. The second kappa shape index (κ2) is 7.63. The lowest BCUT2D eigenvalue weighted by molar-refractivity contribution is -0.136. The van der Waals surface area contributed by atoms with Gasteiger partial charge in [0.1, 0.15) is 0 Å². The molecule has 4 rings (SSSR count). The monoisotopic (exact) mass is 407 g/mol. The predicted molar refractivity (Wildman–Crippen MR) is 117 cm³/mol. The Kier molecular flexibility index (Phi) is 5.13. The zero-order valence-corrected chi connectivity index (χ0v) is 18.2. The number of amides is 3. The molecule has 0 aliphatic carbocycles. The van der Waals surface area contributed by atoms with Crippen LogP contribution in [-0.2, 0) is 4.79 Å². The molecule has 1 aromatic carbocycles. The average molecular weight is 408 g/mol. The number of urea groups is 1. The molecule has 3 aliphatic rings. The molecule has 1 saturated heterocycles. The molecule has 3 atom stereocenters. The fourth-order valence-corrected chi connectivity index (χ4v) is 4.37. The molecule has 0 saturated carbocycles. The summed E-state index contributed by atoms with van der Waals surface area (Å²) in [4.78, 5) is 38.3. The number of imide groups is 1. The highest BCUT2D eigenvalue weighted by Gasteiger charge is 2.55. The maximum atomic E-state index is 13.4. The van der Waals surface area contributed by atoms with Gasteiger partial charge in [0.05, 0.1) is 0 Å². The largest absolute Gasteiger partial charge is 0.328 e. The Morgan fingerprint density at radius 1 is 1.13 bits per heavy atom. The van der Waals surface area contributed by atoms with Gasteiger partial charge in [-0.1, -0.05) is 49.4 Å². The molecule has 0 radical (unpaired) electrons. The van der Waals surface area contributed by atoms with Gasteiger partial charge in [0.2, 0.25) is 5.96 Å². The molecular weight excluding hydrogens is 378 g/mol. The molecule has 0 spiro atoms. The third kappa shape index (κ3) is 3.00. The fraction of sp³-hybridized carbons (Fsp3) is 0.435. The number of carbonyl (C=O) groups is 2. The van der Waals surface area contributed by atoms with E-state index in [1.54, 1.807) is 11.9 Å². The molecule has 7 nitrogen and oxygen atoms in total. The van der Waals surface area contributed by atoms with Crippen LogP contribution in [0.2, 0.25) is 0 Å². The van der Waals surface area contributed by atoms with Crippen molar-refractivity contribution in [2.45, 2.75) is 52.4 Å². The molecule has 0 aromatic heterocycles. The number of likely N-dealkylation sites (N-methyl/N-ethyl adjacent to an activating group) is 1. The number of hydrogen-bond donors (Lipinski definition) is 0. The predicted octanol–water partition coefficient (Wildman–Crippen LogP) is 3.33. The van der Waals surface area contributed by atoms with E-state index >= 15 is 0 Å². The number of nitrogens with zero attached hydrogens (tertiary/aromatic N) is 5. The summed E-state index contributed by atoms with van der Waals surface area (Å²) in [7, 11) is 1.73. The van der Waals surface area contributed by atoms with Crippen LogP contribution in [0.5, 0.6) is 0 Å². The number of guanidine groups is 1. The fourth-order valence-electron chi connectivity index (χ4n) is 4.37. The minimum atomic E-state index is -0.517. The topological polar surface area (TPSA) is 59.5 Å². The molecular formula is C23H29N5O2. The molecule has 1 aromatic rings. The minimum absolute atomic E-state index is 0.197. The third-order valence-electron chi connectivity index (χ3n) is 6.36. The van der Waals surface area contributed by atoms with E-state index in [2.05, 4.69) is 25.7 Å². The van der Waals surface area contributed by atoms with Crippen molar-refractivity contribution in [3.63, 3.8) is 0 Å². The first-order chi connectivity index (χ1) is 14.4. The van der Waals surface area contributed by atoms with Crippen molar-refractivity contribution in [1.82, 2.24) is 19.6 Å². The van der Waals surface area contributed by atoms with Gasteiger partial charge in [0.25, 0.3) is 5.91 Å². The number of rotatable bonds is 5. The standard InChI is InChI=1S/C23H29N5O2/c1-6-15(2)27-16(3)17(4)28-19-20(24-22(27)28)25(5)23(30)26(21(19)29)14-10-13-18-11-8-7-9-12-18/h7-13,15,19-20H,6,14H2,1-5H3/b13-10+. The van der Waals surface area contributed by atoms with Gasteiger partial charge in [-0.2, -0.15) is 0 Å². The van der Waals surface area contributed by atoms with Crippen LogP contribution < -0.4 is 0 Å². The molecule has 3 amide bonds. The van der Waals surface area contributed by atoms with Crippen LogP contribution in [0.25, 0.3) is 6.08 Å². The molecule has 0 N–H and O–H groups in total. The first-order valence-electron chi connectivity index (χ1n) is 10.5. The Balaban J connectivity index is 1.60. The van der Waals surface area contributed by atoms with Gasteiger partial charge in [0, 0.05) is 31.0 Å².